The van der Waals surface area contributed by atoms with Gasteiger partial charge in [-0.3, -0.25) is 19.7 Å². The Morgan fingerprint density at radius 3 is 2.40 bits per heavy atom. The molecule has 2 fully saturated rings. The van der Waals surface area contributed by atoms with Crippen LogP contribution in [0.5, 0.6) is 0 Å². The third-order valence-corrected chi connectivity index (χ3v) is 8.21. The molecule has 2 saturated heterocycles. The fraction of sp³-hybridized carbons (Fsp3) is 0.276. The summed E-state index contributed by atoms with van der Waals surface area (Å²) in [6, 6.07) is 14.0. The first kappa shape index (κ1) is 24.1. The molecule has 3 N–H and O–H groups in total. The van der Waals surface area contributed by atoms with E-state index in [0.29, 0.717) is 35.4 Å². The van der Waals surface area contributed by atoms with Crippen molar-refractivity contribution < 1.29 is 9.59 Å². The summed E-state index contributed by atoms with van der Waals surface area (Å²) >= 11 is 0. The third kappa shape index (κ3) is 3.84. The zero-order chi connectivity index (χ0) is 27.4. The van der Waals surface area contributed by atoms with E-state index in [1.165, 1.54) is 13.1 Å². The summed E-state index contributed by atoms with van der Waals surface area (Å²) in [5, 5.41) is 14.6. The van der Waals surface area contributed by atoms with Crippen molar-refractivity contribution in [3.8, 4) is 22.4 Å². The number of ketones is 1. The van der Waals surface area contributed by atoms with Crippen molar-refractivity contribution in [2.24, 2.45) is 0 Å². The third-order valence-electron chi connectivity index (χ3n) is 8.21. The van der Waals surface area contributed by atoms with Crippen LogP contribution in [0.3, 0.4) is 0 Å². The minimum absolute atomic E-state index is 0.0195. The maximum Gasteiger partial charge on any atom is 0.274 e. The van der Waals surface area contributed by atoms with Crippen molar-refractivity contribution in [3.05, 3.63) is 78.0 Å². The monoisotopic (exact) mass is 533 g/mol. The highest BCUT2D eigenvalue weighted by Gasteiger charge is 2.45. The SMILES string of the molecule is CC(=O)c1c([C@@H]2C[C@H]3CC[C@@H](C2)N3C(=O)c2cnn[nH]2)nc2c(-c3ccc(-c4ccccc4)nc3)cnn2c1N. The number of piperidine rings is 1. The molecule has 40 heavy (non-hydrogen) atoms. The number of nitrogens with one attached hydrogen (secondary N) is 1. The number of carbonyl (C=O) groups excluding carboxylic acids is 2. The molecule has 11 heteroatoms. The summed E-state index contributed by atoms with van der Waals surface area (Å²) in [5.74, 6) is 0.0217. The predicted molar refractivity (Wildman–Crippen MR) is 147 cm³/mol. The quantitative estimate of drug-likeness (QED) is 0.323. The van der Waals surface area contributed by atoms with Crippen LogP contribution in [0.25, 0.3) is 28.0 Å². The van der Waals surface area contributed by atoms with Crippen LogP contribution in [0.15, 0.2) is 61.1 Å². The van der Waals surface area contributed by atoms with Crippen molar-refractivity contribution >= 4 is 23.2 Å². The maximum absolute atomic E-state index is 13.2. The molecule has 0 unspecified atom stereocenters. The van der Waals surface area contributed by atoms with E-state index < -0.39 is 0 Å². The molecule has 4 aromatic heterocycles. The van der Waals surface area contributed by atoms with Crippen LogP contribution in [-0.4, -0.2) is 63.7 Å². The number of benzene rings is 1. The van der Waals surface area contributed by atoms with Gasteiger partial charge in [0, 0.05) is 40.9 Å². The lowest BCUT2D eigenvalue weighted by atomic mass is 9.85. The zero-order valence-electron chi connectivity index (χ0n) is 21.9. The Morgan fingerprint density at radius 1 is 0.975 bits per heavy atom. The highest BCUT2D eigenvalue weighted by molar-refractivity contribution is 6.00. The standard InChI is InChI=1S/C29H27N9O2/c1-16(39)25-26(19-11-20-8-9-21(12-19)37(20)29(40)24-15-32-36-35-24)34-28-22(14-33-38(28)27(25)30)18-7-10-23(31-13-18)17-5-3-2-4-6-17/h2-7,10,13-15,19-21H,8-9,11-12,30H2,1H3,(H,32,35,36)/t19-,20-,21+. The van der Waals surface area contributed by atoms with E-state index >= 15 is 0 Å². The van der Waals surface area contributed by atoms with Crippen LogP contribution >= 0.6 is 0 Å². The molecule has 6 heterocycles. The van der Waals surface area contributed by atoms with Crippen LogP contribution in [0.4, 0.5) is 5.82 Å². The molecule has 200 valence electrons. The van der Waals surface area contributed by atoms with Gasteiger partial charge in [-0.2, -0.15) is 9.61 Å². The van der Waals surface area contributed by atoms with Crippen LogP contribution in [0, 0.1) is 0 Å². The number of H-pyrrole nitrogens is 1. The molecule has 1 aromatic carbocycles. The molecule has 2 bridgehead atoms. The summed E-state index contributed by atoms with van der Waals surface area (Å²) in [5.41, 5.74) is 12.2. The van der Waals surface area contributed by atoms with Gasteiger partial charge in [0.05, 0.1) is 29.3 Å². The Kier molecular flexibility index (Phi) is 5.65. The molecule has 1 amide bonds. The Morgan fingerprint density at radius 2 is 1.75 bits per heavy atom. The number of nitrogens with zero attached hydrogens (tertiary/aromatic N) is 7. The second-order valence-corrected chi connectivity index (χ2v) is 10.5. The van der Waals surface area contributed by atoms with E-state index in [2.05, 4.69) is 25.5 Å². The van der Waals surface area contributed by atoms with Gasteiger partial charge in [0.15, 0.2) is 11.4 Å². The summed E-state index contributed by atoms with van der Waals surface area (Å²) in [7, 11) is 0. The molecule has 5 aromatic rings. The fourth-order valence-corrected chi connectivity index (χ4v) is 6.40. The Bertz CT molecular complexity index is 1720. The number of fused-ring (bicyclic) bond motifs is 3. The summed E-state index contributed by atoms with van der Waals surface area (Å²) < 4.78 is 1.54. The molecular formula is C29H27N9O2. The lowest BCUT2D eigenvalue weighted by molar-refractivity contribution is 0.0562. The number of nitrogen functional groups attached to an aromatic ring is 1. The Labute approximate surface area is 229 Å². The number of carbonyl (C=O) groups is 2. The van der Waals surface area contributed by atoms with E-state index in [1.807, 2.05) is 53.6 Å². The van der Waals surface area contributed by atoms with Crippen LogP contribution in [0.1, 0.15) is 65.1 Å². The maximum atomic E-state index is 13.2. The number of aromatic amines is 1. The number of hydrogen-bond donors (Lipinski definition) is 2. The number of pyridine rings is 1. The molecule has 0 aliphatic carbocycles. The largest absolute Gasteiger partial charge is 0.383 e. The molecule has 3 atom stereocenters. The molecular weight excluding hydrogens is 506 g/mol. The molecule has 0 spiro atoms. The van der Waals surface area contributed by atoms with Crippen molar-refractivity contribution in [1.29, 1.82) is 0 Å². The highest BCUT2D eigenvalue weighted by atomic mass is 16.2. The zero-order valence-corrected chi connectivity index (χ0v) is 21.9. The second-order valence-electron chi connectivity index (χ2n) is 10.5. The Hall–Kier alpha value is -4.93. The minimum atomic E-state index is -0.151. The first-order chi connectivity index (χ1) is 19.5. The normalized spacial score (nSPS) is 20.2. The van der Waals surface area contributed by atoms with Gasteiger partial charge in [0.25, 0.3) is 5.91 Å². The smallest absolute Gasteiger partial charge is 0.274 e. The van der Waals surface area contributed by atoms with Crippen molar-refractivity contribution in [2.75, 3.05) is 5.73 Å². The molecule has 2 aliphatic heterocycles. The van der Waals surface area contributed by atoms with Gasteiger partial charge in [-0.1, -0.05) is 41.6 Å². The first-order valence-electron chi connectivity index (χ1n) is 13.4. The van der Waals surface area contributed by atoms with Gasteiger partial charge in [-0.25, -0.2) is 4.98 Å². The lowest BCUT2D eigenvalue weighted by Crippen LogP contribution is -2.46. The molecule has 11 nitrogen and oxygen atoms in total. The molecule has 0 radical (unpaired) electrons. The van der Waals surface area contributed by atoms with E-state index in [4.69, 9.17) is 10.7 Å². The summed E-state index contributed by atoms with van der Waals surface area (Å²) in [4.78, 5) is 37.7. The predicted octanol–water partition coefficient (Wildman–Crippen LogP) is 3.91. The Balaban J connectivity index is 1.26. The first-order valence-corrected chi connectivity index (χ1v) is 13.4. The van der Waals surface area contributed by atoms with Gasteiger partial charge in [0.1, 0.15) is 11.5 Å². The number of rotatable bonds is 5. The average molecular weight is 534 g/mol. The van der Waals surface area contributed by atoms with Gasteiger partial charge >= 0.3 is 0 Å². The van der Waals surface area contributed by atoms with Gasteiger partial charge in [0.2, 0.25) is 0 Å². The summed E-state index contributed by atoms with van der Waals surface area (Å²) in [6.07, 6.45) is 8.19. The minimum Gasteiger partial charge on any atom is -0.383 e. The lowest BCUT2D eigenvalue weighted by Gasteiger charge is -2.39. The molecule has 2 aliphatic rings. The van der Waals surface area contributed by atoms with Gasteiger partial charge < -0.3 is 10.6 Å². The summed E-state index contributed by atoms with van der Waals surface area (Å²) in [6.45, 7) is 1.51. The van der Waals surface area contributed by atoms with Crippen molar-refractivity contribution in [3.63, 3.8) is 0 Å². The number of hydrogen-bond acceptors (Lipinski definition) is 8. The number of Topliss-reactive ketones (excluding diaryl/α,β-unsaturated/α-hetero) is 1. The van der Waals surface area contributed by atoms with E-state index in [-0.39, 0.29) is 35.5 Å². The van der Waals surface area contributed by atoms with Crippen LogP contribution in [0.2, 0.25) is 0 Å². The number of aromatic nitrogens is 7. The van der Waals surface area contributed by atoms with E-state index in [9.17, 15) is 9.59 Å². The fourth-order valence-electron chi connectivity index (χ4n) is 6.40. The second kappa shape index (κ2) is 9.37. The van der Waals surface area contributed by atoms with Crippen molar-refractivity contribution in [1.82, 2.24) is 39.9 Å². The van der Waals surface area contributed by atoms with Crippen LogP contribution in [-0.2, 0) is 0 Å². The highest BCUT2D eigenvalue weighted by Crippen LogP contribution is 2.45. The average Bonchev–Trinajstić information content (AvgIpc) is 3.71. The van der Waals surface area contributed by atoms with E-state index in [1.54, 1.807) is 10.7 Å². The van der Waals surface area contributed by atoms with Crippen molar-refractivity contribution in [2.45, 2.75) is 50.6 Å². The number of nitrogens with two attached hydrogens (primary N) is 1. The molecule has 7 rings (SSSR count). The van der Waals surface area contributed by atoms with Gasteiger partial charge in [-0.05, 0) is 38.7 Å². The van der Waals surface area contributed by atoms with E-state index in [0.717, 1.165) is 35.2 Å². The number of amides is 1. The van der Waals surface area contributed by atoms with Gasteiger partial charge in [-0.15, -0.1) is 5.10 Å². The topological polar surface area (TPSA) is 148 Å². The van der Waals surface area contributed by atoms with Crippen LogP contribution < -0.4 is 5.73 Å². The number of anilines is 1. The molecule has 0 saturated carbocycles.